The van der Waals surface area contributed by atoms with Crippen molar-refractivity contribution in [1.82, 2.24) is 0 Å². The normalized spacial score (nSPS) is 28.6. The van der Waals surface area contributed by atoms with E-state index in [0.29, 0.717) is 29.3 Å². The lowest BCUT2D eigenvalue weighted by Gasteiger charge is -2.19. The Balaban J connectivity index is 1.49. The fourth-order valence-electron chi connectivity index (χ4n) is 2.79. The maximum absolute atomic E-state index is 10.6. The fraction of sp³-hybridized carbons (Fsp3) is 0.400. The summed E-state index contributed by atoms with van der Waals surface area (Å²) in [5, 5.41) is 0. The molecule has 0 aromatic heterocycles. The number of benzene rings is 1. The highest BCUT2D eigenvalue weighted by Gasteiger charge is 2.36. The molecule has 0 heterocycles. The monoisotopic (exact) mass is 244 g/mol. The van der Waals surface area contributed by atoms with E-state index in [-0.39, 0.29) is 6.79 Å². The molecule has 3 heteroatoms. The van der Waals surface area contributed by atoms with Gasteiger partial charge >= 0.3 is 0 Å². The first kappa shape index (κ1) is 11.5. The quantitative estimate of drug-likeness (QED) is 0.454. The molecule has 2 aliphatic carbocycles. The van der Waals surface area contributed by atoms with Gasteiger partial charge in [0.1, 0.15) is 12.0 Å². The van der Waals surface area contributed by atoms with Crippen LogP contribution in [0, 0.1) is 11.8 Å². The molecule has 0 amide bonds. The van der Waals surface area contributed by atoms with Crippen LogP contribution >= 0.6 is 0 Å². The minimum atomic E-state index is 0.254. The van der Waals surface area contributed by atoms with Crippen LogP contribution in [0.15, 0.2) is 36.4 Å². The Bertz CT molecular complexity index is 467. The standard InChI is InChI=1S/C15H16O3/c16-9-12-2-1-3-14(7-12)17-10-18-15-8-11-4-5-13(15)6-11/h1-5,7,9,11,13,15H,6,8,10H2. The zero-order chi connectivity index (χ0) is 12.4. The molecule has 1 fully saturated rings. The molecule has 0 N–H and O–H groups in total. The van der Waals surface area contributed by atoms with E-state index in [1.165, 1.54) is 6.42 Å². The molecular formula is C15H16O3. The number of hydrogen-bond donors (Lipinski definition) is 0. The van der Waals surface area contributed by atoms with Crippen LogP contribution < -0.4 is 4.74 Å². The van der Waals surface area contributed by atoms with E-state index in [1.54, 1.807) is 18.2 Å². The Morgan fingerprint density at radius 2 is 2.22 bits per heavy atom. The molecule has 0 radical (unpaired) electrons. The number of allylic oxidation sites excluding steroid dienone is 1. The van der Waals surface area contributed by atoms with Gasteiger partial charge in [-0.05, 0) is 30.9 Å². The van der Waals surface area contributed by atoms with Crippen LogP contribution in [0.5, 0.6) is 5.75 Å². The third-order valence-electron chi connectivity index (χ3n) is 3.72. The molecule has 2 bridgehead atoms. The number of carbonyl (C=O) groups excluding carboxylic acids is 1. The van der Waals surface area contributed by atoms with Gasteiger partial charge in [0.25, 0.3) is 0 Å². The zero-order valence-electron chi connectivity index (χ0n) is 10.1. The van der Waals surface area contributed by atoms with E-state index < -0.39 is 0 Å². The van der Waals surface area contributed by atoms with Crippen molar-refractivity contribution in [2.24, 2.45) is 11.8 Å². The second-order valence-corrected chi connectivity index (χ2v) is 4.94. The number of aldehydes is 1. The summed E-state index contributed by atoms with van der Waals surface area (Å²) in [6.07, 6.45) is 8.00. The van der Waals surface area contributed by atoms with E-state index >= 15 is 0 Å². The van der Waals surface area contributed by atoms with Crippen LogP contribution in [0.4, 0.5) is 0 Å². The van der Waals surface area contributed by atoms with Gasteiger partial charge in [-0.15, -0.1) is 0 Å². The minimum Gasteiger partial charge on any atom is -0.468 e. The molecule has 1 saturated carbocycles. The van der Waals surface area contributed by atoms with Crippen molar-refractivity contribution in [3.8, 4) is 5.75 Å². The number of fused-ring (bicyclic) bond motifs is 2. The van der Waals surface area contributed by atoms with Gasteiger partial charge < -0.3 is 9.47 Å². The van der Waals surface area contributed by atoms with Crippen molar-refractivity contribution in [3.63, 3.8) is 0 Å². The Kier molecular flexibility index (Phi) is 3.15. The van der Waals surface area contributed by atoms with E-state index in [4.69, 9.17) is 9.47 Å². The van der Waals surface area contributed by atoms with E-state index in [1.807, 2.05) is 6.07 Å². The predicted octanol–water partition coefficient (Wildman–Crippen LogP) is 2.82. The van der Waals surface area contributed by atoms with Gasteiger partial charge in [0.2, 0.25) is 0 Å². The van der Waals surface area contributed by atoms with E-state index in [0.717, 1.165) is 12.7 Å². The first-order valence-electron chi connectivity index (χ1n) is 6.33. The molecule has 18 heavy (non-hydrogen) atoms. The molecule has 3 unspecified atom stereocenters. The molecule has 0 aliphatic heterocycles. The largest absolute Gasteiger partial charge is 0.468 e. The molecule has 0 saturated heterocycles. The number of hydrogen-bond acceptors (Lipinski definition) is 3. The molecule has 94 valence electrons. The van der Waals surface area contributed by atoms with Crippen LogP contribution in [0.25, 0.3) is 0 Å². The Morgan fingerprint density at radius 3 is 2.94 bits per heavy atom. The summed E-state index contributed by atoms with van der Waals surface area (Å²) in [6, 6.07) is 7.11. The highest BCUT2D eigenvalue weighted by molar-refractivity contribution is 5.75. The van der Waals surface area contributed by atoms with Crippen LogP contribution in [-0.2, 0) is 4.74 Å². The smallest absolute Gasteiger partial charge is 0.189 e. The SMILES string of the molecule is O=Cc1cccc(OCOC2CC3C=CC2C3)c1. The zero-order valence-corrected chi connectivity index (χ0v) is 10.1. The lowest BCUT2D eigenvalue weighted by atomic mass is 10.1. The van der Waals surface area contributed by atoms with Gasteiger partial charge in [-0.1, -0.05) is 24.3 Å². The molecule has 3 nitrogen and oxygen atoms in total. The van der Waals surface area contributed by atoms with Crippen LogP contribution in [-0.4, -0.2) is 19.2 Å². The van der Waals surface area contributed by atoms with Crippen molar-refractivity contribution in [2.45, 2.75) is 18.9 Å². The Labute approximate surface area is 106 Å². The number of rotatable bonds is 5. The summed E-state index contributed by atoms with van der Waals surface area (Å²) in [5.74, 6) is 1.96. The second kappa shape index (κ2) is 4.94. The minimum absolute atomic E-state index is 0.254. The van der Waals surface area contributed by atoms with Crippen molar-refractivity contribution in [1.29, 1.82) is 0 Å². The highest BCUT2D eigenvalue weighted by atomic mass is 16.7. The molecule has 2 aliphatic rings. The molecular weight excluding hydrogens is 228 g/mol. The molecule has 0 spiro atoms. The van der Waals surface area contributed by atoms with Gasteiger partial charge in [0, 0.05) is 11.5 Å². The highest BCUT2D eigenvalue weighted by Crippen LogP contribution is 2.40. The van der Waals surface area contributed by atoms with Crippen molar-refractivity contribution >= 4 is 6.29 Å². The molecule has 1 aromatic carbocycles. The average Bonchev–Trinajstić information content (AvgIpc) is 3.01. The summed E-state index contributed by atoms with van der Waals surface area (Å²) < 4.78 is 11.3. The van der Waals surface area contributed by atoms with Gasteiger partial charge in [-0.25, -0.2) is 0 Å². The summed E-state index contributed by atoms with van der Waals surface area (Å²) in [6.45, 7) is 0.254. The van der Waals surface area contributed by atoms with Crippen molar-refractivity contribution in [2.75, 3.05) is 6.79 Å². The Hall–Kier alpha value is -1.61. The predicted molar refractivity (Wildman–Crippen MR) is 67.6 cm³/mol. The first-order chi connectivity index (χ1) is 8.85. The molecule has 3 atom stereocenters. The van der Waals surface area contributed by atoms with E-state index in [9.17, 15) is 4.79 Å². The van der Waals surface area contributed by atoms with Crippen molar-refractivity contribution < 1.29 is 14.3 Å². The fourth-order valence-corrected chi connectivity index (χ4v) is 2.79. The van der Waals surface area contributed by atoms with Gasteiger partial charge in [0.05, 0.1) is 6.10 Å². The summed E-state index contributed by atoms with van der Waals surface area (Å²) in [7, 11) is 0. The maximum Gasteiger partial charge on any atom is 0.189 e. The van der Waals surface area contributed by atoms with Crippen LogP contribution in [0.1, 0.15) is 23.2 Å². The van der Waals surface area contributed by atoms with Crippen molar-refractivity contribution in [3.05, 3.63) is 42.0 Å². The molecule has 3 rings (SSSR count). The third-order valence-corrected chi connectivity index (χ3v) is 3.72. The van der Waals surface area contributed by atoms with Crippen LogP contribution in [0.2, 0.25) is 0 Å². The lowest BCUT2D eigenvalue weighted by Crippen LogP contribution is -2.20. The molecule has 1 aromatic rings. The third kappa shape index (κ3) is 2.31. The first-order valence-corrected chi connectivity index (χ1v) is 6.33. The number of carbonyl (C=O) groups is 1. The van der Waals surface area contributed by atoms with Gasteiger partial charge in [-0.2, -0.15) is 0 Å². The maximum atomic E-state index is 10.6. The topological polar surface area (TPSA) is 35.5 Å². The van der Waals surface area contributed by atoms with E-state index in [2.05, 4.69) is 12.2 Å². The summed E-state index contributed by atoms with van der Waals surface area (Å²) in [4.78, 5) is 10.6. The summed E-state index contributed by atoms with van der Waals surface area (Å²) >= 11 is 0. The average molecular weight is 244 g/mol. The van der Waals surface area contributed by atoms with Gasteiger partial charge in [-0.3, -0.25) is 4.79 Å². The summed E-state index contributed by atoms with van der Waals surface area (Å²) in [5.41, 5.74) is 0.621. The van der Waals surface area contributed by atoms with Gasteiger partial charge in [0.15, 0.2) is 6.79 Å². The second-order valence-electron chi connectivity index (χ2n) is 4.94. The number of ether oxygens (including phenoxy) is 2. The lowest BCUT2D eigenvalue weighted by molar-refractivity contribution is -0.0459. The Morgan fingerprint density at radius 1 is 1.28 bits per heavy atom. The van der Waals surface area contributed by atoms with Crippen LogP contribution in [0.3, 0.4) is 0 Å².